The molecule has 0 aliphatic carbocycles. The summed E-state index contributed by atoms with van der Waals surface area (Å²) in [6.45, 7) is 8.80. The second-order valence-electron chi connectivity index (χ2n) is 7.46. The van der Waals surface area contributed by atoms with Crippen LogP contribution in [0.25, 0.3) is 0 Å². The highest BCUT2D eigenvalue weighted by Gasteiger charge is 2.41. The summed E-state index contributed by atoms with van der Waals surface area (Å²) in [5.74, 6) is 0.0393. The lowest BCUT2D eigenvalue weighted by molar-refractivity contribution is -0.114. The predicted molar refractivity (Wildman–Crippen MR) is 90.4 cm³/mol. The molecule has 126 valence electrons. The molecule has 0 bridgehead atoms. The average molecular weight is 317 g/mol. The Bertz CT molecular complexity index is 549. The summed E-state index contributed by atoms with van der Waals surface area (Å²) in [7, 11) is 0. The van der Waals surface area contributed by atoms with E-state index in [0.717, 1.165) is 24.7 Å². The average Bonchev–Trinajstić information content (AvgIpc) is 2.66. The van der Waals surface area contributed by atoms with Gasteiger partial charge < -0.3 is 14.4 Å². The number of rotatable bonds is 2. The monoisotopic (exact) mass is 317 g/mol. The maximum Gasteiger partial charge on any atom is 0.410 e. The van der Waals surface area contributed by atoms with Crippen LogP contribution in [0.4, 0.5) is 4.79 Å². The summed E-state index contributed by atoms with van der Waals surface area (Å²) in [5.41, 5.74) is -0.000203. The van der Waals surface area contributed by atoms with Crippen molar-refractivity contribution >= 4 is 12.4 Å². The van der Waals surface area contributed by atoms with Gasteiger partial charge in [-0.05, 0) is 45.1 Å². The first kappa shape index (κ1) is 17.5. The zero-order chi connectivity index (χ0) is 17.1. The minimum atomic E-state index is -0.530. The number of nitrogens with zero attached hydrogens (tertiary/aromatic N) is 1. The van der Waals surface area contributed by atoms with Crippen LogP contribution < -0.4 is 0 Å². The number of amides is 1. The van der Waals surface area contributed by atoms with Crippen molar-refractivity contribution in [2.75, 3.05) is 13.1 Å². The molecule has 4 nitrogen and oxygen atoms in total. The standard InChI is InChI=1S/C19H27NO3/c1-15-13-20(17(22)23-18(2,3)4)12-8-11-19(15,14-21)16-9-6-5-7-10-16/h5-7,9-10,14-15H,8,11-13H2,1-4H3. The van der Waals surface area contributed by atoms with Gasteiger partial charge in [0, 0.05) is 13.1 Å². The summed E-state index contributed by atoms with van der Waals surface area (Å²) in [6, 6.07) is 9.89. The Morgan fingerprint density at radius 2 is 1.96 bits per heavy atom. The third-order valence-corrected chi connectivity index (χ3v) is 4.57. The van der Waals surface area contributed by atoms with Crippen LogP contribution in [0, 0.1) is 5.92 Å². The molecule has 23 heavy (non-hydrogen) atoms. The second-order valence-corrected chi connectivity index (χ2v) is 7.46. The lowest BCUT2D eigenvalue weighted by Gasteiger charge is -2.34. The van der Waals surface area contributed by atoms with Gasteiger partial charge in [-0.1, -0.05) is 37.3 Å². The van der Waals surface area contributed by atoms with E-state index in [4.69, 9.17) is 4.74 Å². The number of likely N-dealkylation sites (tertiary alicyclic amines) is 1. The van der Waals surface area contributed by atoms with Crippen LogP contribution in [0.1, 0.15) is 46.1 Å². The number of ether oxygens (including phenoxy) is 1. The van der Waals surface area contributed by atoms with Gasteiger partial charge in [-0.15, -0.1) is 0 Å². The van der Waals surface area contributed by atoms with Gasteiger partial charge >= 0.3 is 6.09 Å². The molecule has 0 radical (unpaired) electrons. The van der Waals surface area contributed by atoms with Gasteiger partial charge in [0.05, 0.1) is 5.41 Å². The van der Waals surface area contributed by atoms with Gasteiger partial charge in [0.15, 0.2) is 0 Å². The normalized spacial score (nSPS) is 25.6. The fourth-order valence-electron chi connectivity index (χ4n) is 3.31. The third-order valence-electron chi connectivity index (χ3n) is 4.57. The maximum atomic E-state index is 12.4. The van der Waals surface area contributed by atoms with Crippen LogP contribution in [0.15, 0.2) is 30.3 Å². The SMILES string of the molecule is CC1CN(C(=O)OC(C)(C)C)CCCC1(C=O)c1ccccc1. The summed E-state index contributed by atoms with van der Waals surface area (Å²) in [4.78, 5) is 26.1. The Kier molecular flexibility index (Phi) is 5.12. The molecule has 0 N–H and O–H groups in total. The van der Waals surface area contributed by atoms with Crippen molar-refractivity contribution in [1.29, 1.82) is 0 Å². The molecule has 2 atom stereocenters. The number of aldehydes is 1. The van der Waals surface area contributed by atoms with Crippen molar-refractivity contribution in [3.63, 3.8) is 0 Å². The van der Waals surface area contributed by atoms with Crippen molar-refractivity contribution < 1.29 is 14.3 Å². The number of benzene rings is 1. The molecule has 1 fully saturated rings. The van der Waals surface area contributed by atoms with E-state index in [9.17, 15) is 9.59 Å². The molecule has 1 saturated heterocycles. The lowest BCUT2D eigenvalue weighted by Crippen LogP contribution is -2.42. The molecular formula is C19H27NO3. The Hall–Kier alpha value is -1.84. The van der Waals surface area contributed by atoms with E-state index in [1.165, 1.54) is 0 Å². The zero-order valence-electron chi connectivity index (χ0n) is 14.5. The molecule has 1 heterocycles. The molecule has 0 aromatic heterocycles. The molecular weight excluding hydrogens is 290 g/mol. The first-order chi connectivity index (χ1) is 10.8. The summed E-state index contributed by atoms with van der Waals surface area (Å²) < 4.78 is 5.49. The highest BCUT2D eigenvalue weighted by molar-refractivity contribution is 5.71. The van der Waals surface area contributed by atoms with Crippen LogP contribution in [-0.4, -0.2) is 36.0 Å². The number of carbonyl (C=O) groups is 2. The minimum Gasteiger partial charge on any atom is -0.444 e. The number of hydrogen-bond donors (Lipinski definition) is 0. The van der Waals surface area contributed by atoms with E-state index in [2.05, 4.69) is 0 Å². The lowest BCUT2D eigenvalue weighted by atomic mass is 9.69. The van der Waals surface area contributed by atoms with Gasteiger partial charge in [-0.2, -0.15) is 0 Å². The van der Waals surface area contributed by atoms with Crippen molar-refractivity contribution in [1.82, 2.24) is 4.90 Å². The molecule has 1 aliphatic rings. The van der Waals surface area contributed by atoms with E-state index in [-0.39, 0.29) is 12.0 Å². The summed E-state index contributed by atoms with van der Waals surface area (Å²) in [5, 5.41) is 0. The van der Waals surface area contributed by atoms with Crippen molar-refractivity contribution in [2.45, 2.75) is 51.6 Å². The van der Waals surface area contributed by atoms with Crippen LogP contribution in [0.5, 0.6) is 0 Å². The topological polar surface area (TPSA) is 46.6 Å². The van der Waals surface area contributed by atoms with Crippen LogP contribution in [0.3, 0.4) is 0 Å². The molecule has 1 aromatic rings. The van der Waals surface area contributed by atoms with Crippen LogP contribution in [-0.2, 0) is 14.9 Å². The van der Waals surface area contributed by atoms with Crippen molar-refractivity contribution in [3.8, 4) is 0 Å². The van der Waals surface area contributed by atoms with Gasteiger partial charge in [0.25, 0.3) is 0 Å². The molecule has 0 saturated carbocycles. The largest absolute Gasteiger partial charge is 0.444 e. The van der Waals surface area contributed by atoms with E-state index < -0.39 is 11.0 Å². The molecule has 0 spiro atoms. The second kappa shape index (κ2) is 6.73. The van der Waals surface area contributed by atoms with Gasteiger partial charge in [0.1, 0.15) is 11.9 Å². The van der Waals surface area contributed by atoms with Gasteiger partial charge in [0.2, 0.25) is 0 Å². The molecule has 4 heteroatoms. The first-order valence-corrected chi connectivity index (χ1v) is 8.28. The quantitative estimate of drug-likeness (QED) is 0.780. The van der Waals surface area contributed by atoms with E-state index in [1.807, 2.05) is 58.0 Å². The Morgan fingerprint density at radius 1 is 1.30 bits per heavy atom. The maximum absolute atomic E-state index is 12.4. The minimum absolute atomic E-state index is 0.0393. The smallest absolute Gasteiger partial charge is 0.410 e. The fraction of sp³-hybridized carbons (Fsp3) is 0.579. The van der Waals surface area contributed by atoms with Gasteiger partial charge in [-0.3, -0.25) is 0 Å². The third kappa shape index (κ3) is 3.92. The van der Waals surface area contributed by atoms with Crippen LogP contribution >= 0.6 is 0 Å². The molecule has 1 aliphatic heterocycles. The van der Waals surface area contributed by atoms with E-state index >= 15 is 0 Å². The summed E-state index contributed by atoms with van der Waals surface area (Å²) in [6.07, 6.45) is 2.32. The number of carbonyl (C=O) groups excluding carboxylic acids is 2. The van der Waals surface area contributed by atoms with Crippen LogP contribution in [0.2, 0.25) is 0 Å². The van der Waals surface area contributed by atoms with Gasteiger partial charge in [-0.25, -0.2) is 4.79 Å². The van der Waals surface area contributed by atoms with Crippen molar-refractivity contribution in [2.24, 2.45) is 5.92 Å². The molecule has 2 unspecified atom stereocenters. The van der Waals surface area contributed by atoms with E-state index in [0.29, 0.717) is 13.1 Å². The Morgan fingerprint density at radius 3 is 2.52 bits per heavy atom. The highest BCUT2D eigenvalue weighted by atomic mass is 16.6. The van der Waals surface area contributed by atoms with Crippen molar-refractivity contribution in [3.05, 3.63) is 35.9 Å². The fourth-order valence-corrected chi connectivity index (χ4v) is 3.31. The van der Waals surface area contributed by atoms with E-state index in [1.54, 1.807) is 4.90 Å². The highest BCUT2D eigenvalue weighted by Crippen LogP contribution is 2.38. The molecule has 1 aromatic carbocycles. The molecule has 2 rings (SSSR count). The molecule has 1 amide bonds. The number of hydrogen-bond acceptors (Lipinski definition) is 3. The summed E-state index contributed by atoms with van der Waals surface area (Å²) >= 11 is 0. The predicted octanol–water partition coefficient (Wildman–Crippen LogP) is 3.79. The zero-order valence-corrected chi connectivity index (χ0v) is 14.5. The first-order valence-electron chi connectivity index (χ1n) is 8.28. The Balaban J connectivity index is 2.22. The Labute approximate surface area is 138 Å².